The van der Waals surface area contributed by atoms with Crippen molar-refractivity contribution < 1.29 is 19.1 Å². The Morgan fingerprint density at radius 1 is 0.873 bits per heavy atom. The number of nitrogen functional groups attached to an aromatic ring is 1. The van der Waals surface area contributed by atoms with Crippen molar-refractivity contribution in [3.8, 4) is 45.2 Å². The number of nitrogens with zero attached hydrogens (tertiary/aromatic N) is 5. The zero-order chi connectivity index (χ0) is 38.1. The van der Waals surface area contributed by atoms with E-state index < -0.39 is 5.97 Å². The molecule has 6 N–H and O–H groups in total. The molecule has 6 aromatic rings. The molecule has 0 bridgehead atoms. The predicted molar refractivity (Wildman–Crippen MR) is 210 cm³/mol. The standard InChI is InChI=1S/C42H35N9O4/c1-24-7-6-8-32(48-24)38-39(51-20-5-2-9-36(51)50-38)33-16-19-47-42(49-33)46-18-4-3-17-45-40(52)25-10-13-28(41(53)54)31(21-25)37-29-14-11-26(43)22-34(29)55-35-23-27(44)12-15-30(35)37/h2,5-16,19-23,43H,3-4,17-18,44H2,1H3,(H,45,52)(H,53,54)(H,46,47,49). The maximum absolute atomic E-state index is 13.4. The van der Waals surface area contributed by atoms with Crippen LogP contribution in [0, 0.1) is 12.3 Å². The van der Waals surface area contributed by atoms with Gasteiger partial charge in [0.05, 0.1) is 22.3 Å². The molecule has 5 heterocycles. The molecule has 0 radical (unpaired) electrons. The highest BCUT2D eigenvalue weighted by molar-refractivity contribution is 6.09. The number of carboxylic acids is 1. The molecule has 13 heteroatoms. The first kappa shape index (κ1) is 34.7. The van der Waals surface area contributed by atoms with Gasteiger partial charge in [0.2, 0.25) is 5.95 Å². The average Bonchev–Trinajstić information content (AvgIpc) is 3.58. The highest BCUT2D eigenvalue weighted by Gasteiger charge is 2.23. The van der Waals surface area contributed by atoms with Crippen molar-refractivity contribution in [1.29, 1.82) is 5.41 Å². The van der Waals surface area contributed by atoms with Crippen molar-refractivity contribution in [2.45, 2.75) is 19.8 Å². The summed E-state index contributed by atoms with van der Waals surface area (Å²) >= 11 is 0. The van der Waals surface area contributed by atoms with Crippen LogP contribution in [0.2, 0.25) is 0 Å². The first-order chi connectivity index (χ1) is 26.7. The lowest BCUT2D eigenvalue weighted by Crippen LogP contribution is -2.25. The van der Waals surface area contributed by atoms with Gasteiger partial charge in [0.15, 0.2) is 0 Å². The van der Waals surface area contributed by atoms with E-state index in [1.165, 1.54) is 12.1 Å². The van der Waals surface area contributed by atoms with Crippen LogP contribution in [0.5, 0.6) is 0 Å². The highest BCUT2D eigenvalue weighted by atomic mass is 16.4. The first-order valence-corrected chi connectivity index (χ1v) is 17.7. The number of rotatable bonds is 11. The van der Waals surface area contributed by atoms with Gasteiger partial charge in [0.1, 0.15) is 28.4 Å². The van der Waals surface area contributed by atoms with Gasteiger partial charge in [-0.2, -0.15) is 0 Å². The number of aromatic carboxylic acids is 1. The number of nitrogens with one attached hydrogen (secondary N) is 3. The van der Waals surface area contributed by atoms with Gasteiger partial charge >= 0.3 is 5.97 Å². The largest absolute Gasteiger partial charge is 0.478 e. The van der Waals surface area contributed by atoms with Gasteiger partial charge in [-0.25, -0.2) is 19.7 Å². The van der Waals surface area contributed by atoms with Crippen LogP contribution in [0.25, 0.3) is 61.8 Å². The zero-order valence-electron chi connectivity index (χ0n) is 29.7. The molecule has 55 heavy (non-hydrogen) atoms. The van der Waals surface area contributed by atoms with Crippen LogP contribution in [0.3, 0.4) is 0 Å². The summed E-state index contributed by atoms with van der Waals surface area (Å²) in [5.74, 6) is -0.601. The number of amides is 1. The summed E-state index contributed by atoms with van der Waals surface area (Å²) in [6.45, 7) is 2.91. The number of carboxylic acid groups (broad SMARTS) is 1. The predicted octanol–water partition coefficient (Wildman–Crippen LogP) is 7.06. The van der Waals surface area contributed by atoms with Crippen molar-refractivity contribution in [1.82, 2.24) is 29.7 Å². The fourth-order valence-electron chi connectivity index (χ4n) is 6.70. The number of aromatic nitrogens is 5. The van der Waals surface area contributed by atoms with E-state index in [9.17, 15) is 14.7 Å². The van der Waals surface area contributed by atoms with Gasteiger partial charge in [0.25, 0.3) is 5.91 Å². The number of imidazole rings is 1. The van der Waals surface area contributed by atoms with E-state index >= 15 is 0 Å². The molecule has 1 amide bonds. The van der Waals surface area contributed by atoms with E-state index in [4.69, 9.17) is 30.5 Å². The van der Waals surface area contributed by atoms with Crippen molar-refractivity contribution in [3.05, 3.63) is 132 Å². The molecule has 0 fully saturated rings. The second kappa shape index (κ2) is 14.5. The lowest BCUT2D eigenvalue weighted by molar-refractivity contribution is 0.0697. The molecule has 0 unspecified atom stereocenters. The quantitative estimate of drug-likeness (QED) is 0.0522. The third-order valence-electron chi connectivity index (χ3n) is 9.26. The second-order valence-corrected chi connectivity index (χ2v) is 13.1. The van der Waals surface area contributed by atoms with Gasteiger partial charge in [0, 0.05) is 71.1 Å². The van der Waals surface area contributed by atoms with Gasteiger partial charge < -0.3 is 31.3 Å². The molecular formula is C42H35N9O4. The molecule has 0 saturated carbocycles. The molecule has 2 aromatic carbocycles. The van der Waals surface area contributed by atoms with Crippen LogP contribution in [-0.4, -0.2) is 54.4 Å². The van der Waals surface area contributed by atoms with Gasteiger partial charge in [-0.3, -0.25) is 14.2 Å². The monoisotopic (exact) mass is 729 g/mol. The number of nitrogens with two attached hydrogens (primary N) is 1. The van der Waals surface area contributed by atoms with Crippen LogP contribution in [0.4, 0.5) is 11.6 Å². The number of pyridine rings is 2. The number of unbranched alkanes of at least 4 members (excludes halogenated alkanes) is 1. The summed E-state index contributed by atoms with van der Waals surface area (Å²) < 4.78 is 8.08. The Bertz CT molecular complexity index is 2790. The Labute approximate surface area is 314 Å². The number of benzene rings is 3. The molecular weight excluding hydrogens is 695 g/mol. The number of fused-ring (bicyclic) bond motifs is 3. The van der Waals surface area contributed by atoms with Crippen molar-refractivity contribution in [2.75, 3.05) is 24.1 Å². The summed E-state index contributed by atoms with van der Waals surface area (Å²) in [7, 11) is 0. The van der Waals surface area contributed by atoms with E-state index in [0.29, 0.717) is 75.8 Å². The normalized spacial score (nSPS) is 11.3. The topological polar surface area (TPSA) is 197 Å². The van der Waals surface area contributed by atoms with Gasteiger partial charge in [-0.15, -0.1) is 0 Å². The molecule has 2 aliphatic rings. The third-order valence-corrected chi connectivity index (χ3v) is 9.26. The first-order valence-electron chi connectivity index (χ1n) is 17.7. The molecule has 0 atom stereocenters. The van der Waals surface area contributed by atoms with E-state index in [0.717, 1.165) is 34.8 Å². The van der Waals surface area contributed by atoms with E-state index in [-0.39, 0.29) is 16.8 Å². The zero-order valence-corrected chi connectivity index (χ0v) is 29.7. The average molecular weight is 730 g/mol. The summed E-state index contributed by atoms with van der Waals surface area (Å²) in [4.78, 5) is 44.7. The van der Waals surface area contributed by atoms with Crippen LogP contribution in [0.15, 0.2) is 114 Å². The smallest absolute Gasteiger partial charge is 0.336 e. The summed E-state index contributed by atoms with van der Waals surface area (Å²) in [6, 6.07) is 28.1. The fraction of sp³-hybridized carbons (Fsp3) is 0.119. The van der Waals surface area contributed by atoms with Crippen LogP contribution in [0.1, 0.15) is 39.3 Å². The minimum absolute atomic E-state index is 0.0268. The number of aryl methyl sites for hydroxylation is 1. The lowest BCUT2D eigenvalue weighted by Gasteiger charge is -2.18. The minimum Gasteiger partial charge on any atom is -0.478 e. The lowest BCUT2D eigenvalue weighted by atomic mass is 9.89. The Morgan fingerprint density at radius 3 is 2.60 bits per heavy atom. The Morgan fingerprint density at radius 2 is 1.75 bits per heavy atom. The molecule has 1 aliphatic heterocycles. The van der Waals surface area contributed by atoms with Gasteiger partial charge in [-0.05, 0) is 98.1 Å². The van der Waals surface area contributed by atoms with Crippen LogP contribution < -0.4 is 21.7 Å². The van der Waals surface area contributed by atoms with Gasteiger partial charge in [-0.1, -0.05) is 12.1 Å². The van der Waals surface area contributed by atoms with Crippen molar-refractivity contribution in [2.24, 2.45) is 0 Å². The molecule has 0 saturated heterocycles. The fourth-order valence-corrected chi connectivity index (χ4v) is 6.70. The Hall–Kier alpha value is -7.41. The molecule has 13 nitrogen and oxygen atoms in total. The van der Waals surface area contributed by atoms with Crippen LogP contribution in [-0.2, 0) is 0 Å². The maximum atomic E-state index is 13.4. The number of anilines is 2. The van der Waals surface area contributed by atoms with Crippen molar-refractivity contribution in [3.63, 3.8) is 0 Å². The number of hydrogen-bond acceptors (Lipinski definition) is 10. The SMILES string of the molecule is Cc1cccc(-c2nc3ccccn3c2-c2ccnc(NCCCCNC(=O)c3ccc(C(=O)O)c(-c4c5ccc(=N)cc-5oc5cc(N)ccc45)c3)n2)n1. The molecule has 272 valence electrons. The third kappa shape index (κ3) is 6.93. The van der Waals surface area contributed by atoms with Crippen molar-refractivity contribution >= 4 is 40.1 Å². The number of hydrogen-bond donors (Lipinski definition) is 5. The molecule has 1 aliphatic carbocycles. The van der Waals surface area contributed by atoms with E-state index in [1.807, 2.05) is 60.0 Å². The highest BCUT2D eigenvalue weighted by Crippen LogP contribution is 2.42. The minimum atomic E-state index is -1.14. The Kier molecular flexibility index (Phi) is 9.17. The maximum Gasteiger partial charge on any atom is 0.336 e. The Balaban J connectivity index is 0.957. The van der Waals surface area contributed by atoms with Crippen LogP contribution >= 0.6 is 0 Å². The van der Waals surface area contributed by atoms with E-state index in [2.05, 4.69) is 15.6 Å². The molecule has 8 rings (SSSR count). The summed E-state index contributed by atoms with van der Waals surface area (Å²) in [5.41, 5.74) is 13.5. The number of carbonyl (C=O) groups is 2. The second-order valence-electron chi connectivity index (χ2n) is 13.1. The molecule has 0 spiro atoms. The summed E-state index contributed by atoms with van der Waals surface area (Å²) in [5, 5.41) is 25.4. The number of carbonyl (C=O) groups excluding carboxylic acids is 1. The van der Waals surface area contributed by atoms with E-state index in [1.54, 1.807) is 48.7 Å². The molecule has 4 aromatic heterocycles. The summed E-state index contributed by atoms with van der Waals surface area (Å²) in [6.07, 6.45) is 5.05.